The highest BCUT2D eigenvalue weighted by atomic mass is 79.9. The van der Waals surface area contributed by atoms with E-state index in [9.17, 15) is 0 Å². The molecule has 0 rings (SSSR count). The van der Waals surface area contributed by atoms with Gasteiger partial charge in [0.15, 0.2) is 0 Å². The molecule has 0 aromatic heterocycles. The fourth-order valence-electron chi connectivity index (χ4n) is 0. The van der Waals surface area contributed by atoms with E-state index in [-0.39, 0.29) is 0 Å². The molecule has 0 bridgehead atoms. The van der Waals surface area contributed by atoms with Crippen molar-refractivity contribution in [2.75, 3.05) is 0 Å². The summed E-state index contributed by atoms with van der Waals surface area (Å²) in [5, 5.41) is 0. The summed E-state index contributed by atoms with van der Waals surface area (Å²) in [6.07, 6.45) is 0. The Hall–Kier alpha value is 0.880. The van der Waals surface area contributed by atoms with Crippen LogP contribution < -0.4 is 5.84 Å². The van der Waals surface area contributed by atoms with E-state index in [1.807, 2.05) is 0 Å². The average Bonchev–Trinajstić information content (AvgIpc) is 0.811. The number of nitrogens with zero attached hydrogens (tertiary/aromatic N) is 1. The maximum absolute atomic E-state index is 4.78. The quantitative estimate of drug-likeness (QED) is 0.347. The first kappa shape index (κ1) is 4.88. The molecule has 0 aliphatic carbocycles. The summed E-state index contributed by atoms with van der Waals surface area (Å²) in [5.74, 6) is 4.78. The van der Waals surface area contributed by atoms with E-state index in [2.05, 4.69) is 32.3 Å². The van der Waals surface area contributed by atoms with Crippen LogP contribution in [0.3, 0.4) is 0 Å². The highest BCUT2D eigenvalue weighted by Crippen LogP contribution is 1.91. The summed E-state index contributed by atoms with van der Waals surface area (Å²) >= 11 is 5.60. The minimum absolute atomic E-state index is 1.12. The highest BCUT2D eigenvalue weighted by molar-refractivity contribution is 9.21. The van der Waals surface area contributed by atoms with Crippen LogP contribution in [0.1, 0.15) is 0 Å². The van der Waals surface area contributed by atoms with E-state index in [0.29, 0.717) is 0 Å². The lowest BCUT2D eigenvalue weighted by molar-refractivity contribution is 0.872. The van der Waals surface area contributed by atoms with E-state index in [1.54, 1.807) is 0 Å². The van der Waals surface area contributed by atoms with Crippen LogP contribution in [-0.4, -0.2) is 3.06 Å². The lowest BCUT2D eigenvalue weighted by Gasteiger charge is -1.82. The van der Waals surface area contributed by atoms with Crippen LogP contribution in [0.5, 0.6) is 0 Å². The van der Waals surface area contributed by atoms with Gasteiger partial charge in [-0.15, -0.1) is 3.06 Å². The van der Waals surface area contributed by atoms with E-state index < -0.39 is 0 Å². The average molecular weight is 190 g/mol. The van der Waals surface area contributed by atoms with Crippen molar-refractivity contribution in [1.29, 1.82) is 0 Å². The number of rotatable bonds is 0. The third-order valence-electron chi connectivity index (χ3n) is 0. The summed E-state index contributed by atoms with van der Waals surface area (Å²) in [6.45, 7) is 0. The summed E-state index contributed by atoms with van der Waals surface area (Å²) in [6, 6.07) is 0. The molecule has 0 radical (unpaired) electrons. The summed E-state index contributed by atoms with van der Waals surface area (Å²) in [7, 11) is 0. The zero-order chi connectivity index (χ0) is 3.58. The molecule has 0 saturated carbocycles. The van der Waals surface area contributed by atoms with Gasteiger partial charge in [0, 0.05) is 32.3 Å². The topological polar surface area (TPSA) is 29.3 Å². The van der Waals surface area contributed by atoms with Crippen molar-refractivity contribution in [3.05, 3.63) is 0 Å². The van der Waals surface area contributed by atoms with Crippen molar-refractivity contribution in [2.24, 2.45) is 5.84 Å². The molecule has 0 spiro atoms. The third-order valence-corrected chi connectivity index (χ3v) is 0. The van der Waals surface area contributed by atoms with Crippen LogP contribution in [-0.2, 0) is 0 Å². The van der Waals surface area contributed by atoms with Gasteiger partial charge in [0.1, 0.15) is 0 Å². The normalized spacial score (nSPS) is 9.00. The van der Waals surface area contributed by atoms with Crippen molar-refractivity contribution in [3.63, 3.8) is 0 Å². The Morgan fingerprint density at radius 1 is 1.50 bits per heavy atom. The molecule has 0 saturated heterocycles. The largest absolute Gasteiger partial charge is 0.248 e. The maximum Gasteiger partial charge on any atom is 0.0415 e. The van der Waals surface area contributed by atoms with Crippen LogP contribution in [0.4, 0.5) is 0 Å². The van der Waals surface area contributed by atoms with Crippen molar-refractivity contribution in [1.82, 2.24) is 3.06 Å². The third kappa shape index (κ3) is 13.1. The Labute approximate surface area is 41.6 Å². The van der Waals surface area contributed by atoms with Gasteiger partial charge in [-0.3, -0.25) is 0 Å². The van der Waals surface area contributed by atoms with E-state index in [0.717, 1.165) is 3.06 Å². The molecule has 2 N–H and O–H groups in total. The first-order valence-corrected chi connectivity index (χ1v) is 2.01. The Bertz CT molecular complexity index is 8.75. The highest BCUT2D eigenvalue weighted by Gasteiger charge is 1.65. The summed E-state index contributed by atoms with van der Waals surface area (Å²) < 4.78 is 1.12. The zero-order valence-corrected chi connectivity index (χ0v) is 4.95. The summed E-state index contributed by atoms with van der Waals surface area (Å²) in [5.41, 5.74) is 0. The minimum Gasteiger partial charge on any atom is -0.248 e. The molecular weight excluding hydrogens is 188 g/mol. The number of halogens is 2. The standard InChI is InChI=1S/Br2H2N2/c1-4(2)3/h3H2. The fraction of sp³-hybridized carbons (Fsp3) is 0. The molecule has 26 valence electrons. The van der Waals surface area contributed by atoms with Gasteiger partial charge in [-0.1, -0.05) is 0 Å². The number of hydrogen-bond acceptors (Lipinski definition) is 2. The van der Waals surface area contributed by atoms with Crippen molar-refractivity contribution < 1.29 is 0 Å². The second kappa shape index (κ2) is 2.14. The monoisotopic (exact) mass is 188 g/mol. The van der Waals surface area contributed by atoms with Gasteiger partial charge in [-0.25, -0.2) is 5.84 Å². The van der Waals surface area contributed by atoms with Gasteiger partial charge in [-0.05, 0) is 0 Å². The number of hydrazine groups is 1. The Morgan fingerprint density at radius 2 is 1.50 bits per heavy atom. The SMILES string of the molecule is NN(Br)Br. The Balaban J connectivity index is 2.32. The van der Waals surface area contributed by atoms with Crippen molar-refractivity contribution >= 4 is 32.3 Å². The van der Waals surface area contributed by atoms with Crippen molar-refractivity contribution in [3.8, 4) is 0 Å². The molecule has 0 aliphatic rings. The van der Waals surface area contributed by atoms with E-state index in [1.165, 1.54) is 0 Å². The predicted octanol–water partition coefficient (Wildman–Crippen LogP) is 0.782. The molecule has 4 heteroatoms. The van der Waals surface area contributed by atoms with Crippen LogP contribution >= 0.6 is 32.3 Å². The molecule has 0 heterocycles. The van der Waals surface area contributed by atoms with Crippen LogP contribution in [0.25, 0.3) is 0 Å². The Morgan fingerprint density at radius 3 is 1.50 bits per heavy atom. The fourth-order valence-corrected chi connectivity index (χ4v) is 0. The summed E-state index contributed by atoms with van der Waals surface area (Å²) in [4.78, 5) is 0. The molecule has 0 fully saturated rings. The Kier molecular flexibility index (Phi) is 2.61. The molecule has 4 heavy (non-hydrogen) atoms. The molecular formula is H2Br2N2. The second-order valence-corrected chi connectivity index (χ2v) is 2.74. The first-order valence-electron chi connectivity index (χ1n) is 0.596. The smallest absolute Gasteiger partial charge is 0.0415 e. The molecule has 0 unspecified atom stereocenters. The van der Waals surface area contributed by atoms with Crippen LogP contribution in [0.15, 0.2) is 0 Å². The van der Waals surface area contributed by atoms with E-state index in [4.69, 9.17) is 5.84 Å². The van der Waals surface area contributed by atoms with Gasteiger partial charge >= 0.3 is 0 Å². The molecule has 0 aliphatic heterocycles. The van der Waals surface area contributed by atoms with Crippen LogP contribution in [0, 0.1) is 0 Å². The van der Waals surface area contributed by atoms with Crippen molar-refractivity contribution in [2.45, 2.75) is 0 Å². The van der Waals surface area contributed by atoms with E-state index >= 15 is 0 Å². The molecule has 2 nitrogen and oxygen atoms in total. The number of nitrogens with two attached hydrogens (primary N) is 1. The zero-order valence-electron chi connectivity index (χ0n) is 1.78. The molecule has 0 amide bonds. The first-order chi connectivity index (χ1) is 1.73. The second-order valence-electron chi connectivity index (χ2n) is 0.259. The lowest BCUT2D eigenvalue weighted by atomic mass is 13.0. The van der Waals surface area contributed by atoms with Gasteiger partial charge in [0.2, 0.25) is 0 Å². The number of hydrogen-bond donors (Lipinski definition) is 1. The van der Waals surface area contributed by atoms with Crippen LogP contribution in [0.2, 0.25) is 0 Å². The lowest BCUT2D eigenvalue weighted by Crippen LogP contribution is -2.02. The minimum atomic E-state index is 1.12. The predicted molar refractivity (Wildman–Crippen MR) is 23.9 cm³/mol. The van der Waals surface area contributed by atoms with Gasteiger partial charge in [0.25, 0.3) is 0 Å². The van der Waals surface area contributed by atoms with Gasteiger partial charge in [0.05, 0.1) is 0 Å². The van der Waals surface area contributed by atoms with Gasteiger partial charge in [-0.2, -0.15) is 0 Å². The molecule has 0 aromatic rings. The maximum atomic E-state index is 4.78. The molecule has 0 atom stereocenters. The van der Waals surface area contributed by atoms with Gasteiger partial charge < -0.3 is 0 Å². The molecule has 0 aromatic carbocycles.